The van der Waals surface area contributed by atoms with Crippen molar-refractivity contribution in [3.05, 3.63) is 53.6 Å². The molecule has 0 saturated carbocycles. The van der Waals surface area contributed by atoms with E-state index in [0.29, 0.717) is 6.54 Å². The standard InChI is InChI=1S/C15H17F2N3O/c1-10(20(3)9-14-18-6-7-19(14)2)15(21)12-5-4-11(16)8-13(12)17/h4-8,10H,9H2,1-3H3. The van der Waals surface area contributed by atoms with Crippen LogP contribution in [0.1, 0.15) is 23.1 Å². The number of imidazole rings is 1. The zero-order valence-corrected chi connectivity index (χ0v) is 12.2. The number of hydrogen-bond donors (Lipinski definition) is 0. The van der Waals surface area contributed by atoms with E-state index in [9.17, 15) is 13.6 Å². The molecule has 1 heterocycles. The van der Waals surface area contributed by atoms with E-state index in [4.69, 9.17) is 0 Å². The van der Waals surface area contributed by atoms with E-state index < -0.39 is 17.7 Å². The maximum absolute atomic E-state index is 13.7. The van der Waals surface area contributed by atoms with Crippen LogP contribution in [0.5, 0.6) is 0 Å². The molecule has 6 heteroatoms. The number of ketones is 1. The summed E-state index contributed by atoms with van der Waals surface area (Å²) in [6.07, 6.45) is 3.49. The van der Waals surface area contributed by atoms with Crippen molar-refractivity contribution in [2.45, 2.75) is 19.5 Å². The van der Waals surface area contributed by atoms with Crippen molar-refractivity contribution < 1.29 is 13.6 Å². The Kier molecular flexibility index (Phi) is 4.47. The molecule has 1 aromatic carbocycles. The lowest BCUT2D eigenvalue weighted by molar-refractivity contribution is 0.0854. The van der Waals surface area contributed by atoms with Gasteiger partial charge < -0.3 is 4.57 Å². The summed E-state index contributed by atoms with van der Waals surface area (Å²) in [5.74, 6) is -1.11. The molecule has 1 aromatic heterocycles. The van der Waals surface area contributed by atoms with Gasteiger partial charge in [-0.25, -0.2) is 13.8 Å². The molecular formula is C15H17F2N3O. The summed E-state index contributed by atoms with van der Waals surface area (Å²) in [6.45, 7) is 2.15. The molecule has 2 rings (SSSR count). The Morgan fingerprint density at radius 2 is 2.14 bits per heavy atom. The van der Waals surface area contributed by atoms with Crippen LogP contribution in [-0.2, 0) is 13.6 Å². The number of benzene rings is 1. The fourth-order valence-electron chi connectivity index (χ4n) is 2.02. The summed E-state index contributed by atoms with van der Waals surface area (Å²) >= 11 is 0. The summed E-state index contributed by atoms with van der Waals surface area (Å²) in [6, 6.07) is 2.44. The fraction of sp³-hybridized carbons (Fsp3) is 0.333. The molecule has 0 radical (unpaired) electrons. The van der Waals surface area contributed by atoms with Crippen LogP contribution < -0.4 is 0 Å². The molecule has 1 atom stereocenters. The summed E-state index contributed by atoms with van der Waals surface area (Å²) in [5, 5.41) is 0. The minimum atomic E-state index is -0.836. The first kappa shape index (κ1) is 15.3. The molecule has 0 spiro atoms. The third kappa shape index (κ3) is 3.33. The lowest BCUT2D eigenvalue weighted by Crippen LogP contribution is -2.36. The maximum atomic E-state index is 13.7. The van der Waals surface area contributed by atoms with Gasteiger partial charge in [0.05, 0.1) is 18.2 Å². The highest BCUT2D eigenvalue weighted by Crippen LogP contribution is 2.15. The first-order chi connectivity index (χ1) is 9.90. The van der Waals surface area contributed by atoms with E-state index in [1.807, 2.05) is 17.8 Å². The molecule has 0 amide bonds. The van der Waals surface area contributed by atoms with Gasteiger partial charge in [0.25, 0.3) is 0 Å². The molecule has 2 aromatic rings. The van der Waals surface area contributed by atoms with Crippen LogP contribution in [-0.4, -0.2) is 33.3 Å². The molecule has 0 saturated heterocycles. The molecule has 0 aliphatic heterocycles. The maximum Gasteiger partial charge on any atom is 0.182 e. The number of likely N-dealkylation sites (N-methyl/N-ethyl adjacent to an activating group) is 1. The highest BCUT2D eigenvalue weighted by Gasteiger charge is 2.23. The van der Waals surface area contributed by atoms with Gasteiger partial charge in [-0.05, 0) is 26.1 Å². The van der Waals surface area contributed by atoms with Gasteiger partial charge in [0, 0.05) is 25.5 Å². The highest BCUT2D eigenvalue weighted by atomic mass is 19.1. The molecule has 21 heavy (non-hydrogen) atoms. The monoisotopic (exact) mass is 293 g/mol. The van der Waals surface area contributed by atoms with Gasteiger partial charge in [-0.15, -0.1) is 0 Å². The van der Waals surface area contributed by atoms with Gasteiger partial charge >= 0.3 is 0 Å². The van der Waals surface area contributed by atoms with Crippen molar-refractivity contribution in [1.82, 2.24) is 14.5 Å². The van der Waals surface area contributed by atoms with Crippen LogP contribution in [0.2, 0.25) is 0 Å². The fourth-order valence-corrected chi connectivity index (χ4v) is 2.02. The second kappa shape index (κ2) is 6.13. The molecular weight excluding hydrogens is 276 g/mol. The molecule has 4 nitrogen and oxygen atoms in total. The second-order valence-electron chi connectivity index (χ2n) is 5.03. The number of carbonyl (C=O) groups excluding carboxylic acids is 1. The average molecular weight is 293 g/mol. The Morgan fingerprint density at radius 1 is 1.43 bits per heavy atom. The highest BCUT2D eigenvalue weighted by molar-refractivity contribution is 6.00. The predicted octanol–water partition coefficient (Wildman–Crippen LogP) is 2.40. The molecule has 112 valence electrons. The number of halogens is 2. The van der Waals surface area contributed by atoms with Crippen LogP contribution in [0.25, 0.3) is 0 Å². The van der Waals surface area contributed by atoms with Crippen molar-refractivity contribution in [3.8, 4) is 0 Å². The van der Waals surface area contributed by atoms with Crippen LogP contribution in [0.3, 0.4) is 0 Å². The first-order valence-electron chi connectivity index (χ1n) is 6.56. The van der Waals surface area contributed by atoms with Crippen LogP contribution in [0.15, 0.2) is 30.6 Å². The Morgan fingerprint density at radius 3 is 2.71 bits per heavy atom. The molecule has 0 aliphatic rings. The Hall–Kier alpha value is -2.08. The summed E-state index contributed by atoms with van der Waals surface area (Å²) in [4.78, 5) is 18.3. The summed E-state index contributed by atoms with van der Waals surface area (Å²) in [5.41, 5.74) is -0.101. The number of carbonyl (C=O) groups is 1. The zero-order valence-electron chi connectivity index (χ0n) is 12.2. The number of aryl methyl sites for hydroxylation is 1. The van der Waals surface area contributed by atoms with Crippen molar-refractivity contribution in [2.24, 2.45) is 7.05 Å². The van der Waals surface area contributed by atoms with Gasteiger partial charge in [0.1, 0.15) is 17.5 Å². The SMILES string of the molecule is CC(C(=O)c1ccc(F)cc1F)N(C)Cc1nccn1C. The quantitative estimate of drug-likeness (QED) is 0.795. The van der Waals surface area contributed by atoms with Gasteiger partial charge in [-0.1, -0.05) is 0 Å². The Labute approximate surface area is 122 Å². The summed E-state index contributed by atoms with van der Waals surface area (Å²) < 4.78 is 28.4. The van der Waals surface area contributed by atoms with Gasteiger partial charge in [0.15, 0.2) is 5.78 Å². The number of rotatable bonds is 5. The lowest BCUT2D eigenvalue weighted by atomic mass is 10.0. The van der Waals surface area contributed by atoms with Crippen LogP contribution in [0, 0.1) is 11.6 Å². The smallest absolute Gasteiger partial charge is 0.182 e. The van der Waals surface area contributed by atoms with E-state index >= 15 is 0 Å². The normalized spacial score (nSPS) is 12.7. The van der Waals surface area contributed by atoms with Crippen molar-refractivity contribution in [2.75, 3.05) is 7.05 Å². The summed E-state index contributed by atoms with van der Waals surface area (Å²) in [7, 11) is 3.63. The third-order valence-electron chi connectivity index (χ3n) is 3.55. The van der Waals surface area contributed by atoms with Crippen LogP contribution in [0.4, 0.5) is 8.78 Å². The first-order valence-corrected chi connectivity index (χ1v) is 6.56. The number of nitrogens with zero attached hydrogens (tertiary/aromatic N) is 3. The topological polar surface area (TPSA) is 38.1 Å². The van der Waals surface area contributed by atoms with Crippen molar-refractivity contribution in [1.29, 1.82) is 0 Å². The van der Waals surface area contributed by atoms with Crippen LogP contribution >= 0.6 is 0 Å². The number of hydrogen-bond acceptors (Lipinski definition) is 3. The molecule has 0 bridgehead atoms. The number of Topliss-reactive ketones (excluding diaryl/α,β-unsaturated/α-hetero) is 1. The van der Waals surface area contributed by atoms with Crippen molar-refractivity contribution >= 4 is 5.78 Å². The predicted molar refractivity (Wildman–Crippen MR) is 74.8 cm³/mol. The zero-order chi connectivity index (χ0) is 15.6. The van der Waals surface area contributed by atoms with Gasteiger partial charge in [0.2, 0.25) is 0 Å². The lowest BCUT2D eigenvalue weighted by Gasteiger charge is -2.23. The van der Waals surface area contributed by atoms with E-state index in [1.165, 1.54) is 6.07 Å². The van der Waals surface area contributed by atoms with E-state index in [2.05, 4.69) is 4.98 Å². The van der Waals surface area contributed by atoms with E-state index in [0.717, 1.165) is 18.0 Å². The molecule has 0 aliphatic carbocycles. The molecule has 0 fully saturated rings. The largest absolute Gasteiger partial charge is 0.337 e. The van der Waals surface area contributed by atoms with Gasteiger partial charge in [-0.3, -0.25) is 9.69 Å². The van der Waals surface area contributed by atoms with Crippen molar-refractivity contribution in [3.63, 3.8) is 0 Å². The molecule has 1 unspecified atom stereocenters. The Bertz CT molecular complexity index is 654. The minimum absolute atomic E-state index is 0.101. The van der Waals surface area contributed by atoms with Gasteiger partial charge in [-0.2, -0.15) is 0 Å². The van der Waals surface area contributed by atoms with E-state index in [-0.39, 0.29) is 11.3 Å². The van der Waals surface area contributed by atoms with E-state index in [1.54, 1.807) is 25.1 Å². The minimum Gasteiger partial charge on any atom is -0.337 e. The second-order valence-corrected chi connectivity index (χ2v) is 5.03. The average Bonchev–Trinajstić information content (AvgIpc) is 2.82. The Balaban J connectivity index is 2.13. The third-order valence-corrected chi connectivity index (χ3v) is 3.55. The number of aromatic nitrogens is 2. The molecule has 0 N–H and O–H groups in total.